The first kappa shape index (κ1) is 19.0. The molecule has 3 aromatic rings. The molecule has 5 aliphatic carbocycles. The minimum absolute atomic E-state index is 0.670. The predicted octanol–water partition coefficient (Wildman–Crippen LogP) is 5.21. The minimum Gasteiger partial charge on any atom is -0.377 e. The first-order valence-corrected chi connectivity index (χ1v) is 10.7. The summed E-state index contributed by atoms with van der Waals surface area (Å²) in [5.74, 6) is 0. The van der Waals surface area contributed by atoms with Crippen molar-refractivity contribution in [1.29, 1.82) is 0 Å². The lowest BCUT2D eigenvalue weighted by molar-refractivity contribution is 0.0810. The van der Waals surface area contributed by atoms with Crippen LogP contribution < -0.4 is 0 Å². The number of hydrogen-bond acceptors (Lipinski definition) is 2. The van der Waals surface area contributed by atoms with Gasteiger partial charge in [-0.05, 0) is 71.2 Å². The standard InChI is InChI=1S/C28H26O2/c29-27(23-7-3-1-4-8-23)19-26-18-16-22-13-11-21(12-14-22)15-17-25(27)20-28(26,30)24-9-5-2-6-10-24/h1-14,19-20,29-30H,15-18H2/t27-,28-/m0/s1. The summed E-state index contributed by atoms with van der Waals surface area (Å²) in [4.78, 5) is 0. The van der Waals surface area contributed by atoms with E-state index in [1.54, 1.807) is 0 Å². The van der Waals surface area contributed by atoms with E-state index < -0.39 is 11.2 Å². The van der Waals surface area contributed by atoms with Crippen LogP contribution in [0.2, 0.25) is 0 Å². The smallest absolute Gasteiger partial charge is 0.130 e. The van der Waals surface area contributed by atoms with Gasteiger partial charge in [0, 0.05) is 0 Å². The molecule has 8 rings (SSSR count). The molecule has 0 aliphatic heterocycles. The fourth-order valence-electron chi connectivity index (χ4n) is 4.79. The largest absolute Gasteiger partial charge is 0.377 e. The summed E-state index contributed by atoms with van der Waals surface area (Å²) in [6.07, 6.45) is 6.80. The van der Waals surface area contributed by atoms with Gasteiger partial charge in [-0.25, -0.2) is 0 Å². The quantitative estimate of drug-likeness (QED) is 0.586. The Morgan fingerprint density at radius 1 is 0.467 bits per heavy atom. The summed E-state index contributed by atoms with van der Waals surface area (Å²) in [5, 5.41) is 23.9. The van der Waals surface area contributed by atoms with Gasteiger partial charge < -0.3 is 10.2 Å². The average molecular weight is 395 g/mol. The van der Waals surface area contributed by atoms with Crippen molar-refractivity contribution in [3.8, 4) is 0 Å². The molecule has 5 aliphatic rings. The molecule has 0 radical (unpaired) electrons. The highest BCUT2D eigenvalue weighted by Gasteiger charge is 2.43. The Bertz CT molecular complexity index is 1010. The molecule has 4 bridgehead atoms. The van der Waals surface area contributed by atoms with Crippen LogP contribution in [0.3, 0.4) is 0 Å². The normalized spacial score (nSPS) is 25.8. The van der Waals surface area contributed by atoms with Crippen molar-refractivity contribution < 1.29 is 10.2 Å². The second-order valence-electron chi connectivity index (χ2n) is 8.42. The van der Waals surface area contributed by atoms with Gasteiger partial charge in [-0.3, -0.25) is 0 Å². The molecule has 0 fully saturated rings. The van der Waals surface area contributed by atoms with E-state index in [2.05, 4.69) is 24.3 Å². The zero-order valence-electron chi connectivity index (χ0n) is 17.0. The SMILES string of the molecule is O[C@]1(c2ccccc2)C=C2CCc3ccc(cc3)CCC1=C[C@]2(O)c1ccccc1. The van der Waals surface area contributed by atoms with E-state index in [1.807, 2.05) is 72.8 Å². The van der Waals surface area contributed by atoms with Gasteiger partial charge >= 0.3 is 0 Å². The van der Waals surface area contributed by atoms with Gasteiger partial charge in [-0.2, -0.15) is 0 Å². The van der Waals surface area contributed by atoms with Crippen LogP contribution in [0.4, 0.5) is 0 Å². The molecule has 2 N–H and O–H groups in total. The van der Waals surface area contributed by atoms with Crippen LogP contribution in [0, 0.1) is 0 Å². The Morgan fingerprint density at radius 2 is 0.833 bits per heavy atom. The van der Waals surface area contributed by atoms with Crippen LogP contribution in [0.1, 0.15) is 35.1 Å². The van der Waals surface area contributed by atoms with Crippen LogP contribution in [0.25, 0.3) is 0 Å². The Balaban J connectivity index is 1.71. The number of aliphatic hydroxyl groups is 2. The summed E-state index contributed by atoms with van der Waals surface area (Å²) in [6, 6.07) is 28.4. The van der Waals surface area contributed by atoms with E-state index in [9.17, 15) is 10.2 Å². The first-order valence-electron chi connectivity index (χ1n) is 10.7. The van der Waals surface area contributed by atoms with Crippen molar-refractivity contribution in [2.24, 2.45) is 0 Å². The highest BCUT2D eigenvalue weighted by atomic mass is 16.3. The summed E-state index contributed by atoms with van der Waals surface area (Å²) < 4.78 is 0. The highest BCUT2D eigenvalue weighted by molar-refractivity contribution is 5.51. The molecule has 150 valence electrons. The lowest BCUT2D eigenvalue weighted by Crippen LogP contribution is -2.38. The molecule has 0 saturated carbocycles. The molecule has 0 saturated heterocycles. The highest BCUT2D eigenvalue weighted by Crippen LogP contribution is 2.47. The van der Waals surface area contributed by atoms with Gasteiger partial charge in [0.15, 0.2) is 0 Å². The third-order valence-electron chi connectivity index (χ3n) is 6.56. The van der Waals surface area contributed by atoms with E-state index in [1.165, 1.54) is 11.1 Å². The van der Waals surface area contributed by atoms with E-state index in [4.69, 9.17) is 0 Å². The molecule has 0 amide bonds. The Labute approximate surface area is 177 Å². The van der Waals surface area contributed by atoms with E-state index in [0.29, 0.717) is 12.8 Å². The molecule has 30 heavy (non-hydrogen) atoms. The lowest BCUT2D eigenvalue weighted by atomic mass is 9.69. The van der Waals surface area contributed by atoms with Gasteiger partial charge in [0.05, 0.1) is 0 Å². The van der Waals surface area contributed by atoms with E-state index >= 15 is 0 Å². The molecule has 2 heteroatoms. The number of rotatable bonds is 2. The zero-order chi connectivity index (χ0) is 20.6. The van der Waals surface area contributed by atoms with Crippen LogP contribution in [-0.2, 0) is 24.0 Å². The monoisotopic (exact) mass is 394 g/mol. The topological polar surface area (TPSA) is 40.5 Å². The fraction of sp³-hybridized carbons (Fsp3) is 0.214. The minimum atomic E-state index is -1.21. The predicted molar refractivity (Wildman–Crippen MR) is 120 cm³/mol. The third kappa shape index (κ3) is 3.23. The van der Waals surface area contributed by atoms with Crippen molar-refractivity contribution in [2.45, 2.75) is 36.9 Å². The summed E-state index contributed by atoms with van der Waals surface area (Å²) in [6.45, 7) is 0. The van der Waals surface area contributed by atoms with Crippen LogP contribution in [-0.4, -0.2) is 10.2 Å². The van der Waals surface area contributed by atoms with Crippen molar-refractivity contribution in [2.75, 3.05) is 0 Å². The van der Waals surface area contributed by atoms with Crippen molar-refractivity contribution >= 4 is 0 Å². The molecule has 3 aromatic carbocycles. The molecule has 2 nitrogen and oxygen atoms in total. The fourth-order valence-corrected chi connectivity index (χ4v) is 4.79. The maximum Gasteiger partial charge on any atom is 0.130 e. The maximum absolute atomic E-state index is 12.0. The number of aryl methyl sites for hydroxylation is 2. The van der Waals surface area contributed by atoms with E-state index in [-0.39, 0.29) is 0 Å². The molecular weight excluding hydrogens is 368 g/mol. The number of benzene rings is 3. The van der Waals surface area contributed by atoms with E-state index in [0.717, 1.165) is 35.1 Å². The molecule has 0 heterocycles. The Hall–Kier alpha value is -2.94. The molecule has 0 unspecified atom stereocenters. The molecule has 0 aromatic heterocycles. The van der Waals surface area contributed by atoms with Crippen molar-refractivity contribution in [3.63, 3.8) is 0 Å². The maximum atomic E-state index is 12.0. The zero-order valence-corrected chi connectivity index (χ0v) is 17.0. The number of hydrogen-bond donors (Lipinski definition) is 2. The first-order chi connectivity index (χ1) is 14.6. The van der Waals surface area contributed by atoms with Gasteiger partial charge in [-0.1, -0.05) is 84.9 Å². The third-order valence-corrected chi connectivity index (χ3v) is 6.56. The van der Waals surface area contributed by atoms with Gasteiger partial charge in [-0.15, -0.1) is 0 Å². The Morgan fingerprint density at radius 3 is 1.20 bits per heavy atom. The second kappa shape index (κ2) is 7.39. The molecular formula is C28H26O2. The summed E-state index contributed by atoms with van der Waals surface area (Å²) in [5.41, 5.74) is 3.43. The molecule has 0 spiro atoms. The van der Waals surface area contributed by atoms with Gasteiger partial charge in [0.2, 0.25) is 0 Å². The van der Waals surface area contributed by atoms with Gasteiger partial charge in [0.25, 0.3) is 0 Å². The lowest BCUT2D eigenvalue weighted by Gasteiger charge is -2.41. The van der Waals surface area contributed by atoms with Crippen LogP contribution in [0.5, 0.6) is 0 Å². The summed E-state index contributed by atoms with van der Waals surface area (Å²) >= 11 is 0. The second-order valence-corrected chi connectivity index (χ2v) is 8.42. The summed E-state index contributed by atoms with van der Waals surface area (Å²) in [7, 11) is 0. The van der Waals surface area contributed by atoms with Crippen LogP contribution >= 0.6 is 0 Å². The van der Waals surface area contributed by atoms with Crippen LogP contribution in [0.15, 0.2) is 108 Å². The van der Waals surface area contributed by atoms with Gasteiger partial charge in [0.1, 0.15) is 11.2 Å². The molecule has 2 atom stereocenters. The van der Waals surface area contributed by atoms with Crippen molar-refractivity contribution in [3.05, 3.63) is 130 Å². The Kier molecular flexibility index (Phi) is 4.69. The average Bonchev–Trinajstić information content (AvgIpc) is 2.79. The van der Waals surface area contributed by atoms with Crippen molar-refractivity contribution in [1.82, 2.24) is 0 Å².